The Morgan fingerprint density at radius 1 is 1.22 bits per heavy atom. The quantitative estimate of drug-likeness (QED) is 0.725. The largest absolute Gasteiger partial charge is 0.373 e. The molecule has 1 saturated carbocycles. The van der Waals surface area contributed by atoms with E-state index in [1.807, 2.05) is 0 Å². The van der Waals surface area contributed by atoms with E-state index in [9.17, 15) is 0 Å². The fourth-order valence-electron chi connectivity index (χ4n) is 3.76. The lowest BCUT2D eigenvalue weighted by Crippen LogP contribution is -2.52. The monoisotopic (exact) mass is 251 g/mol. The lowest BCUT2D eigenvalue weighted by Gasteiger charge is -2.40. The van der Waals surface area contributed by atoms with E-state index in [0.717, 1.165) is 13.2 Å². The number of ether oxygens (including phenoxy) is 1. The van der Waals surface area contributed by atoms with Crippen molar-refractivity contribution in [2.24, 2.45) is 0 Å². The molecular weight excluding hydrogens is 222 g/mol. The molecule has 2 heteroatoms. The van der Waals surface area contributed by atoms with E-state index in [0.29, 0.717) is 6.04 Å². The van der Waals surface area contributed by atoms with Gasteiger partial charge in [0.25, 0.3) is 0 Å². The maximum absolute atomic E-state index is 6.26. The van der Waals surface area contributed by atoms with Gasteiger partial charge in [0.2, 0.25) is 0 Å². The number of hydrogen-bond donors (Lipinski definition) is 1. The van der Waals surface area contributed by atoms with Crippen LogP contribution in [0.25, 0.3) is 0 Å². The average molecular weight is 251 g/mol. The zero-order chi connectivity index (χ0) is 12.8. The van der Waals surface area contributed by atoms with Crippen molar-refractivity contribution in [2.75, 3.05) is 13.2 Å². The molecule has 1 fully saturated rings. The number of likely N-dealkylation sites (N-methyl/N-ethyl adjacent to an activating group) is 1. The summed E-state index contributed by atoms with van der Waals surface area (Å²) in [5.74, 6) is 0. The van der Waals surface area contributed by atoms with Gasteiger partial charge in [-0.3, -0.25) is 0 Å². The molecule has 0 amide bonds. The summed E-state index contributed by atoms with van der Waals surface area (Å²) in [6.07, 6.45) is 12.9. The highest BCUT2D eigenvalue weighted by molar-refractivity contribution is 5.20. The first kappa shape index (κ1) is 14.1. The van der Waals surface area contributed by atoms with E-state index in [-0.39, 0.29) is 5.60 Å². The molecule has 18 heavy (non-hydrogen) atoms. The van der Waals surface area contributed by atoms with Gasteiger partial charge < -0.3 is 10.1 Å². The molecule has 0 spiro atoms. The molecule has 2 aliphatic rings. The Morgan fingerprint density at radius 2 is 2.00 bits per heavy atom. The van der Waals surface area contributed by atoms with E-state index < -0.39 is 0 Å². The van der Waals surface area contributed by atoms with Crippen LogP contribution in [0, 0.1) is 0 Å². The summed E-state index contributed by atoms with van der Waals surface area (Å²) < 4.78 is 6.26. The Bertz CT molecular complexity index is 279. The van der Waals surface area contributed by atoms with Crippen LogP contribution in [0.5, 0.6) is 0 Å². The average Bonchev–Trinajstić information content (AvgIpc) is 2.87. The first-order chi connectivity index (χ1) is 8.82. The second-order valence-electron chi connectivity index (χ2n) is 5.72. The molecule has 2 rings (SSSR count). The maximum Gasteiger partial charge on any atom is 0.0872 e. The smallest absolute Gasteiger partial charge is 0.0872 e. The Hall–Kier alpha value is -0.340. The van der Waals surface area contributed by atoms with Gasteiger partial charge in [-0.2, -0.15) is 0 Å². The number of nitrogens with one attached hydrogen (secondary N) is 1. The van der Waals surface area contributed by atoms with Crippen molar-refractivity contribution < 1.29 is 4.74 Å². The van der Waals surface area contributed by atoms with Crippen LogP contribution in [0.4, 0.5) is 0 Å². The fraction of sp³-hybridized carbons (Fsp3) is 0.875. The van der Waals surface area contributed by atoms with Gasteiger partial charge in [-0.05, 0) is 52.0 Å². The van der Waals surface area contributed by atoms with Gasteiger partial charge >= 0.3 is 0 Å². The highest BCUT2D eigenvalue weighted by Crippen LogP contribution is 2.40. The van der Waals surface area contributed by atoms with Crippen molar-refractivity contribution in [3.8, 4) is 0 Å². The summed E-state index contributed by atoms with van der Waals surface area (Å²) in [7, 11) is 0. The molecule has 0 bridgehead atoms. The van der Waals surface area contributed by atoms with Gasteiger partial charge in [0, 0.05) is 6.61 Å². The van der Waals surface area contributed by atoms with Crippen LogP contribution in [0.3, 0.4) is 0 Å². The van der Waals surface area contributed by atoms with E-state index in [2.05, 4.69) is 25.2 Å². The van der Waals surface area contributed by atoms with Crippen molar-refractivity contribution in [1.82, 2.24) is 5.32 Å². The van der Waals surface area contributed by atoms with Gasteiger partial charge in [0.05, 0.1) is 11.6 Å². The van der Waals surface area contributed by atoms with Crippen molar-refractivity contribution in [3.05, 3.63) is 11.6 Å². The van der Waals surface area contributed by atoms with E-state index in [1.165, 1.54) is 51.4 Å². The molecule has 0 radical (unpaired) electrons. The molecule has 0 aromatic carbocycles. The molecular formula is C16H29NO. The zero-order valence-corrected chi connectivity index (χ0v) is 12.1. The predicted octanol–water partition coefficient (Wildman–Crippen LogP) is 3.81. The van der Waals surface area contributed by atoms with Crippen molar-refractivity contribution in [3.63, 3.8) is 0 Å². The molecule has 0 aliphatic heterocycles. The van der Waals surface area contributed by atoms with Crippen LogP contribution < -0.4 is 5.32 Å². The summed E-state index contributed by atoms with van der Waals surface area (Å²) >= 11 is 0. The van der Waals surface area contributed by atoms with Crippen LogP contribution in [-0.2, 0) is 4.74 Å². The second-order valence-corrected chi connectivity index (χ2v) is 5.72. The fourth-order valence-corrected chi connectivity index (χ4v) is 3.76. The van der Waals surface area contributed by atoms with Gasteiger partial charge in [0.15, 0.2) is 0 Å². The number of allylic oxidation sites excluding steroid dienone is 1. The third-order valence-corrected chi connectivity index (χ3v) is 4.51. The summed E-state index contributed by atoms with van der Waals surface area (Å²) in [6.45, 7) is 6.23. The first-order valence-electron chi connectivity index (χ1n) is 7.88. The van der Waals surface area contributed by atoms with Crippen LogP contribution in [0.2, 0.25) is 0 Å². The van der Waals surface area contributed by atoms with Crippen molar-refractivity contribution in [2.45, 2.75) is 76.9 Å². The standard InChI is InChI=1S/C16H29NO/c1-3-17-15(14-10-6-5-7-11-14)16(18-4-2)12-8-9-13-16/h10,15,17H,3-9,11-13H2,1-2H3. The lowest BCUT2D eigenvalue weighted by molar-refractivity contribution is -0.0534. The second kappa shape index (κ2) is 6.72. The molecule has 0 aromatic rings. The van der Waals surface area contributed by atoms with Gasteiger partial charge in [-0.15, -0.1) is 0 Å². The molecule has 0 aromatic heterocycles. The van der Waals surface area contributed by atoms with Crippen LogP contribution in [0.1, 0.15) is 65.2 Å². The highest BCUT2D eigenvalue weighted by atomic mass is 16.5. The van der Waals surface area contributed by atoms with Gasteiger partial charge in [-0.25, -0.2) is 0 Å². The van der Waals surface area contributed by atoms with Gasteiger partial charge in [0.1, 0.15) is 0 Å². The van der Waals surface area contributed by atoms with Gasteiger partial charge in [-0.1, -0.05) is 31.4 Å². The Kier molecular flexibility index (Phi) is 5.25. The summed E-state index contributed by atoms with van der Waals surface area (Å²) in [4.78, 5) is 0. The molecule has 104 valence electrons. The predicted molar refractivity (Wildman–Crippen MR) is 76.8 cm³/mol. The molecule has 2 aliphatic carbocycles. The third-order valence-electron chi connectivity index (χ3n) is 4.51. The zero-order valence-electron chi connectivity index (χ0n) is 12.1. The molecule has 0 heterocycles. The minimum absolute atomic E-state index is 0.0912. The molecule has 1 unspecified atom stereocenters. The number of rotatable bonds is 6. The van der Waals surface area contributed by atoms with Crippen LogP contribution >= 0.6 is 0 Å². The van der Waals surface area contributed by atoms with Crippen LogP contribution in [-0.4, -0.2) is 24.8 Å². The van der Waals surface area contributed by atoms with Crippen LogP contribution in [0.15, 0.2) is 11.6 Å². The molecule has 1 N–H and O–H groups in total. The molecule has 2 nitrogen and oxygen atoms in total. The first-order valence-corrected chi connectivity index (χ1v) is 7.88. The van der Waals surface area contributed by atoms with Crippen molar-refractivity contribution in [1.29, 1.82) is 0 Å². The van der Waals surface area contributed by atoms with E-state index >= 15 is 0 Å². The Balaban J connectivity index is 2.18. The highest BCUT2D eigenvalue weighted by Gasteiger charge is 2.43. The Labute approximate surface area is 112 Å². The topological polar surface area (TPSA) is 21.3 Å². The summed E-state index contributed by atoms with van der Waals surface area (Å²) in [6, 6.07) is 0.463. The maximum atomic E-state index is 6.26. The Morgan fingerprint density at radius 3 is 2.56 bits per heavy atom. The third kappa shape index (κ3) is 2.97. The number of hydrogen-bond acceptors (Lipinski definition) is 2. The summed E-state index contributed by atoms with van der Waals surface area (Å²) in [5, 5.41) is 3.73. The minimum Gasteiger partial charge on any atom is -0.373 e. The van der Waals surface area contributed by atoms with Crippen molar-refractivity contribution >= 4 is 0 Å². The minimum atomic E-state index is 0.0912. The van der Waals surface area contributed by atoms with E-state index in [1.54, 1.807) is 5.57 Å². The lowest BCUT2D eigenvalue weighted by atomic mass is 9.82. The molecule has 0 saturated heterocycles. The van der Waals surface area contributed by atoms with E-state index in [4.69, 9.17) is 4.74 Å². The normalized spacial score (nSPS) is 24.9. The summed E-state index contributed by atoms with van der Waals surface area (Å²) in [5.41, 5.74) is 1.71. The molecule has 1 atom stereocenters. The SMILES string of the molecule is CCNC(C1=CCCCC1)C1(OCC)CCCC1.